The van der Waals surface area contributed by atoms with Crippen molar-refractivity contribution in [1.82, 2.24) is 0 Å². The van der Waals surface area contributed by atoms with Gasteiger partial charge in [0.1, 0.15) is 0 Å². The molecule has 0 aromatic rings. The summed E-state index contributed by atoms with van der Waals surface area (Å²) in [4.78, 5) is 0. The molecule has 0 amide bonds. The maximum absolute atomic E-state index is 6.13. The van der Waals surface area contributed by atoms with Crippen LogP contribution in [0.3, 0.4) is 0 Å². The Morgan fingerprint density at radius 2 is 1.92 bits per heavy atom. The van der Waals surface area contributed by atoms with Crippen molar-refractivity contribution >= 4 is 0 Å². The third-order valence-electron chi connectivity index (χ3n) is 2.35. The van der Waals surface area contributed by atoms with E-state index in [4.69, 9.17) is 5.73 Å². The van der Waals surface area contributed by atoms with Crippen molar-refractivity contribution in [3.8, 4) is 0 Å². The summed E-state index contributed by atoms with van der Waals surface area (Å²) in [6, 6.07) is 0.492. The molecular weight excluding hydrogens is 273 g/mol. The van der Waals surface area contributed by atoms with E-state index in [-0.39, 0.29) is 0 Å². The van der Waals surface area contributed by atoms with Crippen LogP contribution in [0.5, 0.6) is 0 Å². The van der Waals surface area contributed by atoms with Gasteiger partial charge in [-0.1, -0.05) is 0 Å². The quantitative estimate of drug-likeness (QED) is 0.370. The summed E-state index contributed by atoms with van der Waals surface area (Å²) < 4.78 is 2.78. The molecule has 0 rings (SSSR count). The Morgan fingerprint density at radius 3 is 2.46 bits per heavy atom. The normalized spacial score (nSPS) is 16.0. The monoisotopic (exact) mass is 298 g/mol. The molecule has 1 unspecified atom stereocenters. The van der Waals surface area contributed by atoms with Crippen LogP contribution < -0.4 is 26.9 Å². The van der Waals surface area contributed by atoms with Crippen molar-refractivity contribution in [3.63, 3.8) is 0 Å². The molecule has 0 radical (unpaired) electrons. The van der Waals surface area contributed by atoms with Crippen LogP contribution in [0, 0.1) is 5.92 Å². The standard InChI is InChI=1S/C11H25IN/c1-4-6-7-10(3)11(13)9-12-8-5-2/h10-11H,4-9,13H2,1-3H3/q-1/t10-,11?/m1/s1. The molecule has 1 nitrogen and oxygen atoms in total. The zero-order chi connectivity index (χ0) is 10.1. The fourth-order valence-electron chi connectivity index (χ4n) is 1.23. The van der Waals surface area contributed by atoms with Gasteiger partial charge in [-0.05, 0) is 0 Å². The predicted molar refractivity (Wildman–Crippen MR) is 56.7 cm³/mol. The van der Waals surface area contributed by atoms with Crippen LogP contribution in [0.15, 0.2) is 0 Å². The molecule has 0 heterocycles. The Hall–Kier alpha value is 0.690. The Labute approximate surface area is 94.1 Å². The minimum absolute atomic E-state index is 0.410. The number of halogens is 1. The van der Waals surface area contributed by atoms with Crippen LogP contribution in [0.1, 0.15) is 46.5 Å². The molecule has 0 aromatic carbocycles. The Morgan fingerprint density at radius 1 is 1.23 bits per heavy atom. The molecule has 0 bridgehead atoms. The predicted octanol–water partition coefficient (Wildman–Crippen LogP) is -0.361. The van der Waals surface area contributed by atoms with E-state index in [9.17, 15) is 0 Å². The van der Waals surface area contributed by atoms with Gasteiger partial charge in [0, 0.05) is 0 Å². The second kappa shape index (κ2) is 9.25. The number of hydrogen-bond donors (Lipinski definition) is 1. The van der Waals surface area contributed by atoms with E-state index in [0.29, 0.717) is 27.2 Å². The molecule has 0 aliphatic carbocycles. The van der Waals surface area contributed by atoms with E-state index in [1.165, 1.54) is 34.5 Å². The Kier molecular flexibility index (Phi) is 9.74. The SMILES string of the molecule is CCCC[C@@H](C)C(N)C[I-]CCC. The van der Waals surface area contributed by atoms with Crippen LogP contribution in [-0.2, 0) is 0 Å². The molecule has 2 N–H and O–H groups in total. The van der Waals surface area contributed by atoms with Crippen molar-refractivity contribution in [2.24, 2.45) is 11.7 Å². The van der Waals surface area contributed by atoms with Crippen molar-refractivity contribution in [2.75, 3.05) is 8.86 Å². The fraction of sp³-hybridized carbons (Fsp3) is 1.00. The fourth-order valence-corrected chi connectivity index (χ4v) is 4.02. The number of rotatable bonds is 8. The van der Waals surface area contributed by atoms with E-state index in [1.807, 2.05) is 0 Å². The molecule has 82 valence electrons. The number of unbranched alkanes of at least 4 members (excludes halogenated alkanes) is 1. The van der Waals surface area contributed by atoms with E-state index in [2.05, 4.69) is 20.8 Å². The van der Waals surface area contributed by atoms with Crippen LogP contribution in [0.25, 0.3) is 0 Å². The van der Waals surface area contributed by atoms with Gasteiger partial charge in [0.05, 0.1) is 0 Å². The van der Waals surface area contributed by atoms with Crippen LogP contribution in [-0.4, -0.2) is 14.9 Å². The van der Waals surface area contributed by atoms with Gasteiger partial charge in [-0.2, -0.15) is 0 Å². The van der Waals surface area contributed by atoms with Crippen molar-refractivity contribution in [1.29, 1.82) is 0 Å². The number of nitrogens with two attached hydrogens (primary N) is 1. The van der Waals surface area contributed by atoms with Crippen LogP contribution in [0.2, 0.25) is 0 Å². The first-order chi connectivity index (χ1) is 6.22. The molecule has 0 fully saturated rings. The summed E-state index contributed by atoms with van der Waals surface area (Å²) in [6.07, 6.45) is 5.33. The minimum atomic E-state index is 0.410. The summed E-state index contributed by atoms with van der Waals surface area (Å²) >= 11 is 0.410. The molecule has 0 aromatic heterocycles. The molecule has 0 spiro atoms. The van der Waals surface area contributed by atoms with E-state index >= 15 is 0 Å². The van der Waals surface area contributed by atoms with Crippen LogP contribution in [0.4, 0.5) is 0 Å². The van der Waals surface area contributed by atoms with Crippen molar-refractivity contribution < 1.29 is 21.2 Å². The van der Waals surface area contributed by atoms with Gasteiger partial charge in [0.2, 0.25) is 0 Å². The van der Waals surface area contributed by atoms with E-state index < -0.39 is 0 Å². The molecule has 2 atom stereocenters. The number of hydrogen-bond acceptors (Lipinski definition) is 1. The van der Waals surface area contributed by atoms with Gasteiger partial charge in [0.25, 0.3) is 0 Å². The second-order valence-corrected chi connectivity index (χ2v) is 6.85. The van der Waals surface area contributed by atoms with Gasteiger partial charge in [-0.25, -0.2) is 0 Å². The van der Waals surface area contributed by atoms with E-state index in [0.717, 1.165) is 5.92 Å². The molecule has 0 aliphatic rings. The first kappa shape index (κ1) is 13.7. The topological polar surface area (TPSA) is 26.0 Å². The summed E-state index contributed by atoms with van der Waals surface area (Å²) in [6.45, 7) is 6.84. The van der Waals surface area contributed by atoms with Crippen LogP contribution >= 0.6 is 0 Å². The van der Waals surface area contributed by atoms with Gasteiger partial charge in [-0.15, -0.1) is 0 Å². The third-order valence-corrected chi connectivity index (χ3v) is 5.84. The molecule has 0 saturated carbocycles. The maximum atomic E-state index is 6.13. The van der Waals surface area contributed by atoms with Gasteiger partial charge < -0.3 is 0 Å². The van der Waals surface area contributed by atoms with Crippen molar-refractivity contribution in [3.05, 3.63) is 0 Å². The average Bonchev–Trinajstić information content (AvgIpc) is 2.14. The third kappa shape index (κ3) is 7.74. The van der Waals surface area contributed by atoms with Gasteiger partial charge in [0.15, 0.2) is 0 Å². The number of alkyl halides is 2. The summed E-state index contributed by atoms with van der Waals surface area (Å²) in [5.41, 5.74) is 6.13. The summed E-state index contributed by atoms with van der Waals surface area (Å²) in [5, 5.41) is 0. The molecule has 2 heteroatoms. The average molecular weight is 298 g/mol. The summed E-state index contributed by atoms with van der Waals surface area (Å²) in [7, 11) is 0. The van der Waals surface area contributed by atoms with Gasteiger partial charge >= 0.3 is 94.2 Å². The molecule has 0 saturated heterocycles. The zero-order valence-corrected chi connectivity index (χ0v) is 11.5. The Balaban J connectivity index is 3.38. The second-order valence-electron chi connectivity index (χ2n) is 3.82. The molecule has 0 aliphatic heterocycles. The Bertz CT molecular complexity index is 106. The van der Waals surface area contributed by atoms with Gasteiger partial charge in [-0.3, -0.25) is 0 Å². The molecule has 13 heavy (non-hydrogen) atoms. The zero-order valence-electron chi connectivity index (χ0n) is 9.35. The summed E-state index contributed by atoms with van der Waals surface area (Å²) in [5.74, 6) is 0.747. The first-order valence-corrected chi connectivity index (χ1v) is 8.56. The first-order valence-electron chi connectivity index (χ1n) is 5.51. The van der Waals surface area contributed by atoms with E-state index in [1.54, 1.807) is 0 Å². The molecular formula is C11H25IN-. The van der Waals surface area contributed by atoms with Crippen molar-refractivity contribution in [2.45, 2.75) is 52.5 Å².